The average Bonchev–Trinajstić information content (AvgIpc) is 2.48. The third-order valence-corrected chi connectivity index (χ3v) is 4.39. The fraction of sp³-hybridized carbons (Fsp3) is 0.647. The fourth-order valence-electron chi connectivity index (χ4n) is 3.04. The number of benzene rings is 1. The third-order valence-electron chi connectivity index (χ3n) is 4.39. The Bertz CT molecular complexity index is 371. The van der Waals surface area contributed by atoms with E-state index in [0.29, 0.717) is 6.04 Å². The standard InChI is InChI=1S/C17H28N2/c1-3-15(18)13-14-8-10-17(11-9-14)19-12-6-5-7-16(19)4-2/h8-11,15-16H,3-7,12-13,18H2,1-2H3. The molecule has 19 heavy (non-hydrogen) atoms. The molecule has 2 atom stereocenters. The summed E-state index contributed by atoms with van der Waals surface area (Å²) in [6.45, 7) is 5.67. The molecule has 1 aromatic rings. The van der Waals surface area contributed by atoms with E-state index in [1.54, 1.807) is 0 Å². The van der Waals surface area contributed by atoms with Gasteiger partial charge >= 0.3 is 0 Å². The molecule has 1 saturated heterocycles. The van der Waals surface area contributed by atoms with Gasteiger partial charge in [0.15, 0.2) is 0 Å². The van der Waals surface area contributed by atoms with E-state index in [2.05, 4.69) is 43.0 Å². The maximum absolute atomic E-state index is 6.02. The predicted octanol–water partition coefficient (Wildman–Crippen LogP) is 3.74. The topological polar surface area (TPSA) is 29.3 Å². The molecule has 0 spiro atoms. The molecule has 2 nitrogen and oxygen atoms in total. The summed E-state index contributed by atoms with van der Waals surface area (Å²) in [5.41, 5.74) is 8.77. The first-order valence-corrected chi connectivity index (χ1v) is 7.85. The van der Waals surface area contributed by atoms with Gasteiger partial charge in [-0.15, -0.1) is 0 Å². The third kappa shape index (κ3) is 3.73. The monoisotopic (exact) mass is 260 g/mol. The van der Waals surface area contributed by atoms with E-state index in [9.17, 15) is 0 Å². The molecular formula is C17H28N2. The molecule has 2 rings (SSSR count). The average molecular weight is 260 g/mol. The zero-order valence-corrected chi connectivity index (χ0v) is 12.4. The highest BCUT2D eigenvalue weighted by Gasteiger charge is 2.20. The number of anilines is 1. The van der Waals surface area contributed by atoms with Gasteiger partial charge in [0.25, 0.3) is 0 Å². The van der Waals surface area contributed by atoms with Crippen LogP contribution < -0.4 is 10.6 Å². The number of nitrogens with two attached hydrogens (primary N) is 1. The SMILES string of the molecule is CCC(N)Cc1ccc(N2CCCCC2CC)cc1. The largest absolute Gasteiger partial charge is 0.369 e. The van der Waals surface area contributed by atoms with Crippen LogP contribution in [-0.4, -0.2) is 18.6 Å². The van der Waals surface area contributed by atoms with Crippen molar-refractivity contribution in [2.45, 2.75) is 64.5 Å². The van der Waals surface area contributed by atoms with Gasteiger partial charge in [-0.1, -0.05) is 26.0 Å². The zero-order valence-electron chi connectivity index (χ0n) is 12.4. The first-order valence-electron chi connectivity index (χ1n) is 7.85. The Hall–Kier alpha value is -1.02. The van der Waals surface area contributed by atoms with Crippen LogP contribution in [-0.2, 0) is 6.42 Å². The molecule has 2 unspecified atom stereocenters. The molecule has 0 bridgehead atoms. The van der Waals surface area contributed by atoms with Gasteiger partial charge in [-0.2, -0.15) is 0 Å². The molecule has 0 saturated carbocycles. The van der Waals surface area contributed by atoms with Crippen LogP contribution in [0, 0.1) is 0 Å². The molecule has 0 aromatic heterocycles. The van der Waals surface area contributed by atoms with E-state index in [0.717, 1.165) is 18.9 Å². The molecule has 0 radical (unpaired) electrons. The Kier molecular flexibility index (Phi) is 5.26. The highest BCUT2D eigenvalue weighted by atomic mass is 15.2. The molecular weight excluding hydrogens is 232 g/mol. The summed E-state index contributed by atoms with van der Waals surface area (Å²) in [7, 11) is 0. The second-order valence-electron chi connectivity index (χ2n) is 5.79. The minimum absolute atomic E-state index is 0.296. The lowest BCUT2D eigenvalue weighted by Gasteiger charge is -2.37. The Morgan fingerprint density at radius 1 is 1.21 bits per heavy atom. The minimum Gasteiger partial charge on any atom is -0.369 e. The van der Waals surface area contributed by atoms with Crippen molar-refractivity contribution in [1.82, 2.24) is 0 Å². The van der Waals surface area contributed by atoms with Crippen molar-refractivity contribution in [1.29, 1.82) is 0 Å². The molecule has 1 fully saturated rings. The van der Waals surface area contributed by atoms with Crippen LogP contribution in [0.3, 0.4) is 0 Å². The van der Waals surface area contributed by atoms with Gasteiger partial charge in [-0.25, -0.2) is 0 Å². The summed E-state index contributed by atoms with van der Waals surface area (Å²) in [5, 5.41) is 0. The van der Waals surface area contributed by atoms with Gasteiger partial charge in [0.05, 0.1) is 0 Å². The maximum Gasteiger partial charge on any atom is 0.0368 e. The molecule has 0 aliphatic carbocycles. The number of piperidine rings is 1. The lowest BCUT2D eigenvalue weighted by atomic mass is 9.98. The molecule has 106 valence electrons. The van der Waals surface area contributed by atoms with Gasteiger partial charge < -0.3 is 10.6 Å². The van der Waals surface area contributed by atoms with Crippen molar-refractivity contribution < 1.29 is 0 Å². The highest BCUT2D eigenvalue weighted by molar-refractivity contribution is 5.49. The number of hydrogen-bond donors (Lipinski definition) is 1. The van der Waals surface area contributed by atoms with E-state index in [1.807, 2.05) is 0 Å². The van der Waals surface area contributed by atoms with Crippen LogP contribution in [0.25, 0.3) is 0 Å². The number of rotatable bonds is 5. The highest BCUT2D eigenvalue weighted by Crippen LogP contribution is 2.26. The van der Waals surface area contributed by atoms with E-state index in [-0.39, 0.29) is 0 Å². The molecule has 1 aliphatic heterocycles. The lowest BCUT2D eigenvalue weighted by Crippen LogP contribution is -2.39. The van der Waals surface area contributed by atoms with Gasteiger partial charge in [-0.05, 0) is 56.2 Å². The Labute approximate surface area is 118 Å². The Balaban J connectivity index is 2.04. The van der Waals surface area contributed by atoms with E-state index in [4.69, 9.17) is 5.73 Å². The second kappa shape index (κ2) is 6.95. The van der Waals surface area contributed by atoms with Crippen LogP contribution in [0.1, 0.15) is 51.5 Å². The van der Waals surface area contributed by atoms with Crippen LogP contribution in [0.5, 0.6) is 0 Å². The van der Waals surface area contributed by atoms with Crippen LogP contribution in [0.4, 0.5) is 5.69 Å². The van der Waals surface area contributed by atoms with Crippen molar-refractivity contribution in [3.8, 4) is 0 Å². The second-order valence-corrected chi connectivity index (χ2v) is 5.79. The molecule has 2 heteroatoms. The molecule has 1 aliphatic rings. The first kappa shape index (κ1) is 14.4. The van der Waals surface area contributed by atoms with Crippen molar-refractivity contribution in [3.63, 3.8) is 0 Å². The normalized spacial score (nSPS) is 21.4. The van der Waals surface area contributed by atoms with E-state index in [1.165, 1.54) is 43.5 Å². The first-order chi connectivity index (χ1) is 9.24. The predicted molar refractivity (Wildman–Crippen MR) is 83.7 cm³/mol. The Morgan fingerprint density at radius 2 is 1.95 bits per heavy atom. The quantitative estimate of drug-likeness (QED) is 0.874. The van der Waals surface area contributed by atoms with Crippen molar-refractivity contribution in [2.75, 3.05) is 11.4 Å². The number of nitrogens with zero attached hydrogens (tertiary/aromatic N) is 1. The van der Waals surface area contributed by atoms with Crippen molar-refractivity contribution >= 4 is 5.69 Å². The summed E-state index contributed by atoms with van der Waals surface area (Å²) < 4.78 is 0. The molecule has 1 heterocycles. The zero-order chi connectivity index (χ0) is 13.7. The van der Waals surface area contributed by atoms with Crippen LogP contribution >= 0.6 is 0 Å². The van der Waals surface area contributed by atoms with E-state index < -0.39 is 0 Å². The summed E-state index contributed by atoms with van der Waals surface area (Å²) in [6, 6.07) is 10.1. The van der Waals surface area contributed by atoms with Gasteiger partial charge in [0, 0.05) is 24.3 Å². The van der Waals surface area contributed by atoms with Gasteiger partial charge in [0.2, 0.25) is 0 Å². The summed E-state index contributed by atoms with van der Waals surface area (Å²) in [4.78, 5) is 2.59. The van der Waals surface area contributed by atoms with Gasteiger partial charge in [-0.3, -0.25) is 0 Å². The molecule has 1 aromatic carbocycles. The van der Waals surface area contributed by atoms with Gasteiger partial charge in [0.1, 0.15) is 0 Å². The minimum atomic E-state index is 0.296. The summed E-state index contributed by atoms with van der Waals surface area (Å²) in [5.74, 6) is 0. The van der Waals surface area contributed by atoms with Crippen LogP contribution in [0.2, 0.25) is 0 Å². The molecule has 2 N–H and O–H groups in total. The lowest BCUT2D eigenvalue weighted by molar-refractivity contribution is 0.450. The van der Waals surface area contributed by atoms with Crippen molar-refractivity contribution in [2.24, 2.45) is 5.73 Å². The molecule has 0 amide bonds. The van der Waals surface area contributed by atoms with Crippen LogP contribution in [0.15, 0.2) is 24.3 Å². The maximum atomic E-state index is 6.02. The van der Waals surface area contributed by atoms with Crippen molar-refractivity contribution in [3.05, 3.63) is 29.8 Å². The summed E-state index contributed by atoms with van der Waals surface area (Å²) >= 11 is 0. The fourth-order valence-corrected chi connectivity index (χ4v) is 3.04. The summed E-state index contributed by atoms with van der Waals surface area (Å²) in [6.07, 6.45) is 7.36. The smallest absolute Gasteiger partial charge is 0.0368 e. The Morgan fingerprint density at radius 3 is 2.58 bits per heavy atom. The van der Waals surface area contributed by atoms with E-state index >= 15 is 0 Å². The number of hydrogen-bond acceptors (Lipinski definition) is 2.